The van der Waals surface area contributed by atoms with E-state index in [0.29, 0.717) is 0 Å². The van der Waals surface area contributed by atoms with Gasteiger partial charge in [-0.3, -0.25) is 0 Å². The van der Waals surface area contributed by atoms with E-state index in [2.05, 4.69) is 0 Å². The van der Waals surface area contributed by atoms with Gasteiger partial charge in [0.15, 0.2) is 0 Å². The van der Waals surface area contributed by atoms with Crippen LogP contribution in [0.1, 0.15) is 12.8 Å². The highest BCUT2D eigenvalue weighted by Gasteiger charge is 2.37. The van der Waals surface area contributed by atoms with Crippen LogP contribution in [0.3, 0.4) is 0 Å². The van der Waals surface area contributed by atoms with Crippen LogP contribution in [0.25, 0.3) is 0 Å². The average molecular weight is 277 g/mol. The number of nitrogens with zero attached hydrogens (tertiary/aromatic N) is 1. The molecule has 0 aliphatic carbocycles. The summed E-state index contributed by atoms with van der Waals surface area (Å²) in [7, 11) is -3.83. The first kappa shape index (κ1) is 14.7. The normalized spacial score (nSPS) is 27.6. The third kappa shape index (κ3) is 4.41. The lowest BCUT2D eigenvalue weighted by atomic mass is 10.3. The Labute approximate surface area is 96.9 Å². The Hall–Kier alpha value is -0.380. The molecule has 0 aromatic carbocycles. The van der Waals surface area contributed by atoms with Gasteiger partial charge in [-0.1, -0.05) is 0 Å². The van der Waals surface area contributed by atoms with Gasteiger partial charge in [0.05, 0.1) is 18.0 Å². The van der Waals surface area contributed by atoms with Gasteiger partial charge in [0.1, 0.15) is 0 Å². The largest absolute Gasteiger partial charge is 0.389 e. The Balaban J connectivity index is 2.47. The molecule has 0 aromatic rings. The quantitative estimate of drug-likeness (QED) is 0.739. The Morgan fingerprint density at radius 3 is 2.06 bits per heavy atom. The van der Waals surface area contributed by atoms with Crippen LogP contribution in [-0.4, -0.2) is 60.2 Å². The van der Waals surface area contributed by atoms with Crippen molar-refractivity contribution in [3.63, 3.8) is 0 Å². The van der Waals surface area contributed by atoms with Gasteiger partial charge >= 0.3 is 6.18 Å². The summed E-state index contributed by atoms with van der Waals surface area (Å²) in [6, 6.07) is 0. The lowest BCUT2D eigenvalue weighted by Crippen LogP contribution is -2.32. The highest BCUT2D eigenvalue weighted by atomic mass is 32.2. The first-order chi connectivity index (χ1) is 7.62. The van der Waals surface area contributed by atoms with Crippen LogP contribution in [0.15, 0.2) is 0 Å². The third-order valence-electron chi connectivity index (χ3n) is 2.48. The fraction of sp³-hybridized carbons (Fsp3) is 1.00. The van der Waals surface area contributed by atoms with Crippen LogP contribution >= 0.6 is 0 Å². The number of aliphatic hydroxyl groups is 2. The van der Waals surface area contributed by atoms with Crippen molar-refractivity contribution in [2.45, 2.75) is 31.2 Å². The Morgan fingerprint density at radius 2 is 1.65 bits per heavy atom. The predicted octanol–water partition coefficient (Wildman–Crippen LogP) is -0.304. The van der Waals surface area contributed by atoms with Crippen LogP contribution in [0.4, 0.5) is 13.2 Å². The highest BCUT2D eigenvalue weighted by Crippen LogP contribution is 2.23. The highest BCUT2D eigenvalue weighted by molar-refractivity contribution is 7.89. The van der Waals surface area contributed by atoms with E-state index in [0.717, 1.165) is 4.31 Å². The summed E-state index contributed by atoms with van der Waals surface area (Å²) in [6.45, 7) is -0.537. The molecule has 0 saturated carbocycles. The van der Waals surface area contributed by atoms with Crippen LogP contribution in [0, 0.1) is 0 Å². The average Bonchev–Trinajstić information content (AvgIpc) is 2.45. The second-order valence-corrected chi connectivity index (χ2v) is 6.07. The fourth-order valence-electron chi connectivity index (χ4n) is 1.55. The minimum atomic E-state index is -4.38. The molecular formula is C8H14F3NO4S. The van der Waals surface area contributed by atoms with Gasteiger partial charge in [0.2, 0.25) is 10.0 Å². The number of aliphatic hydroxyl groups excluding tert-OH is 2. The van der Waals surface area contributed by atoms with E-state index in [1.54, 1.807) is 0 Å². The maximum atomic E-state index is 11.8. The molecule has 1 aliphatic rings. The Bertz CT molecular complexity index is 346. The molecule has 17 heavy (non-hydrogen) atoms. The van der Waals surface area contributed by atoms with Crippen molar-refractivity contribution in [1.29, 1.82) is 0 Å². The second-order valence-electron chi connectivity index (χ2n) is 3.99. The van der Waals surface area contributed by atoms with Crippen molar-refractivity contribution in [3.05, 3.63) is 0 Å². The second kappa shape index (κ2) is 5.09. The van der Waals surface area contributed by atoms with Crippen molar-refractivity contribution >= 4 is 10.0 Å². The standard InChI is InChI=1S/C8H14F3NO4S/c9-8(10,11)2-1-3-17(15,16)12-4-6(13)7(14)5-12/h6-7,13-14H,1-5H2. The van der Waals surface area contributed by atoms with E-state index in [4.69, 9.17) is 10.2 Å². The molecule has 2 unspecified atom stereocenters. The molecule has 1 rings (SSSR count). The summed E-state index contributed by atoms with van der Waals surface area (Å²) in [6.07, 6.45) is -8.40. The van der Waals surface area contributed by atoms with E-state index in [1.165, 1.54) is 0 Å². The zero-order valence-electron chi connectivity index (χ0n) is 8.89. The number of sulfonamides is 1. The van der Waals surface area contributed by atoms with Gasteiger partial charge in [-0.05, 0) is 6.42 Å². The van der Waals surface area contributed by atoms with Crippen molar-refractivity contribution in [3.8, 4) is 0 Å². The van der Waals surface area contributed by atoms with E-state index in [-0.39, 0.29) is 13.1 Å². The van der Waals surface area contributed by atoms with Crippen molar-refractivity contribution in [2.75, 3.05) is 18.8 Å². The summed E-state index contributed by atoms with van der Waals surface area (Å²) < 4.78 is 59.4. The monoisotopic (exact) mass is 277 g/mol. The van der Waals surface area contributed by atoms with Gasteiger partial charge in [0, 0.05) is 19.5 Å². The summed E-state index contributed by atoms with van der Waals surface area (Å²) in [5.74, 6) is -0.633. The van der Waals surface area contributed by atoms with Crippen LogP contribution in [0.2, 0.25) is 0 Å². The maximum absolute atomic E-state index is 11.8. The number of halogens is 3. The molecule has 1 fully saturated rings. The van der Waals surface area contributed by atoms with E-state index in [1.807, 2.05) is 0 Å². The topological polar surface area (TPSA) is 77.8 Å². The number of alkyl halides is 3. The lowest BCUT2D eigenvalue weighted by Gasteiger charge is -2.15. The van der Waals surface area contributed by atoms with Crippen LogP contribution in [-0.2, 0) is 10.0 Å². The van der Waals surface area contributed by atoms with Crippen LogP contribution < -0.4 is 0 Å². The molecule has 0 spiro atoms. The SMILES string of the molecule is O=S(=O)(CCCC(F)(F)F)N1CC(O)C(O)C1. The summed E-state index contributed by atoms with van der Waals surface area (Å²) in [5.41, 5.74) is 0. The predicted molar refractivity (Wildman–Crippen MR) is 52.7 cm³/mol. The Morgan fingerprint density at radius 1 is 1.18 bits per heavy atom. The first-order valence-corrected chi connectivity index (χ1v) is 6.63. The molecule has 2 N–H and O–H groups in total. The molecule has 1 heterocycles. The molecule has 1 saturated heterocycles. The number of β-amino-alcohol motifs (C(OH)–C–C–N with tert-alkyl or cyclic N) is 2. The Kier molecular flexibility index (Phi) is 4.39. The molecule has 102 valence electrons. The molecule has 0 bridgehead atoms. The molecule has 0 radical (unpaired) electrons. The maximum Gasteiger partial charge on any atom is 0.389 e. The summed E-state index contributed by atoms with van der Waals surface area (Å²) >= 11 is 0. The molecule has 5 nitrogen and oxygen atoms in total. The fourth-order valence-corrected chi connectivity index (χ4v) is 3.07. The zero-order chi connectivity index (χ0) is 13.3. The molecule has 9 heteroatoms. The zero-order valence-corrected chi connectivity index (χ0v) is 9.71. The third-order valence-corrected chi connectivity index (χ3v) is 4.37. The van der Waals surface area contributed by atoms with E-state index in [9.17, 15) is 21.6 Å². The van der Waals surface area contributed by atoms with Gasteiger partial charge in [0.25, 0.3) is 0 Å². The van der Waals surface area contributed by atoms with Gasteiger partial charge < -0.3 is 10.2 Å². The smallest absolute Gasteiger partial charge is 0.389 e. The van der Waals surface area contributed by atoms with Gasteiger partial charge in [-0.25, -0.2) is 8.42 Å². The molecule has 2 atom stereocenters. The molecule has 0 amide bonds. The summed E-state index contributed by atoms with van der Waals surface area (Å²) in [5, 5.41) is 18.3. The number of rotatable bonds is 4. The molecular weight excluding hydrogens is 263 g/mol. The minimum absolute atomic E-state index is 0.268. The van der Waals surface area contributed by atoms with Crippen LogP contribution in [0.5, 0.6) is 0 Å². The number of hydrogen-bond acceptors (Lipinski definition) is 4. The van der Waals surface area contributed by atoms with E-state index < -0.39 is 47.0 Å². The van der Waals surface area contributed by atoms with Crippen molar-refractivity contribution < 1.29 is 31.8 Å². The number of hydrogen-bond donors (Lipinski definition) is 2. The molecule has 1 aliphatic heterocycles. The minimum Gasteiger partial charge on any atom is -0.389 e. The van der Waals surface area contributed by atoms with Crippen molar-refractivity contribution in [1.82, 2.24) is 4.31 Å². The van der Waals surface area contributed by atoms with Crippen molar-refractivity contribution in [2.24, 2.45) is 0 Å². The lowest BCUT2D eigenvalue weighted by molar-refractivity contribution is -0.134. The van der Waals surface area contributed by atoms with Gasteiger partial charge in [-0.15, -0.1) is 0 Å². The molecule has 0 aromatic heterocycles. The van der Waals surface area contributed by atoms with Gasteiger partial charge in [-0.2, -0.15) is 17.5 Å². The summed E-state index contributed by atoms with van der Waals surface area (Å²) in [4.78, 5) is 0. The first-order valence-electron chi connectivity index (χ1n) is 5.02. The van der Waals surface area contributed by atoms with E-state index >= 15 is 0 Å².